The highest BCUT2D eigenvalue weighted by molar-refractivity contribution is 9.09. The van der Waals surface area contributed by atoms with Crippen molar-refractivity contribution in [1.29, 1.82) is 0 Å². The van der Waals surface area contributed by atoms with Gasteiger partial charge in [-0.25, -0.2) is 0 Å². The number of carbonyl (C=O) groups excluding carboxylic acids is 1. The smallest absolute Gasteiger partial charge is 0.230 e. The Labute approximate surface area is 97.0 Å². The number of hydrogen-bond donors (Lipinski definition) is 1. The minimum absolute atomic E-state index is 0.0985. The molecule has 0 spiro atoms. The van der Waals surface area contributed by atoms with E-state index in [-0.39, 0.29) is 5.91 Å². The summed E-state index contributed by atoms with van der Waals surface area (Å²) in [5.41, 5.74) is 0. The number of halogens is 1. The van der Waals surface area contributed by atoms with Crippen LogP contribution in [0.1, 0.15) is 20.3 Å². The van der Waals surface area contributed by atoms with Gasteiger partial charge in [-0.1, -0.05) is 54.5 Å². The van der Waals surface area contributed by atoms with Crippen molar-refractivity contribution in [2.24, 2.45) is 0 Å². The monoisotopic (exact) mass is 279 g/mol. The van der Waals surface area contributed by atoms with Gasteiger partial charge in [-0.3, -0.25) is 4.79 Å². The number of rotatable bonds is 7. The van der Waals surface area contributed by atoms with E-state index < -0.39 is 8.07 Å². The third-order valence-electron chi connectivity index (χ3n) is 3.11. The summed E-state index contributed by atoms with van der Waals surface area (Å²) >= 11 is 3.13. The molecule has 0 aromatic carbocycles. The van der Waals surface area contributed by atoms with Gasteiger partial charge in [0.2, 0.25) is 5.91 Å². The Morgan fingerprint density at radius 2 is 1.93 bits per heavy atom. The molecule has 0 heterocycles. The van der Waals surface area contributed by atoms with Crippen LogP contribution in [-0.2, 0) is 4.79 Å². The molecule has 2 nitrogen and oxygen atoms in total. The van der Waals surface area contributed by atoms with Crippen molar-refractivity contribution in [3.8, 4) is 0 Å². The first-order valence-corrected chi connectivity index (χ1v) is 9.65. The van der Waals surface area contributed by atoms with Crippen molar-refractivity contribution in [1.82, 2.24) is 5.32 Å². The van der Waals surface area contributed by atoms with Gasteiger partial charge in [0, 0.05) is 14.6 Å². The second-order valence-corrected chi connectivity index (χ2v) is 10.2. The van der Waals surface area contributed by atoms with E-state index in [9.17, 15) is 4.79 Å². The number of hydrogen-bond acceptors (Lipinski definition) is 1. The molecule has 0 saturated carbocycles. The van der Waals surface area contributed by atoms with Crippen molar-refractivity contribution in [3.63, 3.8) is 0 Å². The molecule has 1 N–H and O–H groups in total. The molecule has 0 unspecified atom stereocenters. The fourth-order valence-corrected chi connectivity index (χ4v) is 3.83. The van der Waals surface area contributed by atoms with Crippen molar-refractivity contribution in [2.75, 3.05) is 11.9 Å². The first-order chi connectivity index (χ1) is 6.58. The maximum absolute atomic E-state index is 10.9. The average molecular weight is 280 g/mol. The van der Waals surface area contributed by atoms with E-state index >= 15 is 0 Å². The zero-order chi connectivity index (χ0) is 11.0. The van der Waals surface area contributed by atoms with Crippen LogP contribution in [0.3, 0.4) is 0 Å². The lowest BCUT2D eigenvalue weighted by Crippen LogP contribution is -2.30. The molecule has 0 aliphatic heterocycles. The van der Waals surface area contributed by atoms with Crippen molar-refractivity contribution < 1.29 is 4.79 Å². The van der Waals surface area contributed by atoms with E-state index in [1.54, 1.807) is 0 Å². The molecule has 0 aromatic rings. The molecular weight excluding hydrogens is 258 g/mol. The van der Waals surface area contributed by atoms with Crippen LogP contribution in [-0.4, -0.2) is 25.9 Å². The molecule has 0 aromatic heterocycles. The second kappa shape index (κ2) is 7.46. The van der Waals surface area contributed by atoms with Crippen LogP contribution in [0.15, 0.2) is 0 Å². The Morgan fingerprint density at radius 1 is 1.36 bits per heavy atom. The number of carbonyl (C=O) groups is 1. The highest BCUT2D eigenvalue weighted by atomic mass is 79.9. The van der Waals surface area contributed by atoms with Crippen molar-refractivity contribution >= 4 is 29.9 Å². The lowest BCUT2D eigenvalue weighted by atomic mass is 10.5. The Balaban J connectivity index is 3.57. The first-order valence-electron chi connectivity index (χ1n) is 5.40. The van der Waals surface area contributed by atoms with Gasteiger partial charge in [-0.05, 0) is 6.42 Å². The molecule has 0 saturated heterocycles. The fraction of sp³-hybridized carbons (Fsp3) is 0.900. The van der Waals surface area contributed by atoms with E-state index in [4.69, 9.17) is 0 Å². The van der Waals surface area contributed by atoms with Crippen LogP contribution in [0.5, 0.6) is 0 Å². The molecule has 84 valence electrons. The maximum atomic E-state index is 10.9. The van der Waals surface area contributed by atoms with Crippen LogP contribution in [0.4, 0.5) is 0 Å². The molecule has 0 rings (SSSR count). The van der Waals surface area contributed by atoms with Gasteiger partial charge >= 0.3 is 0 Å². The predicted molar refractivity (Wildman–Crippen MR) is 68.8 cm³/mol. The average Bonchev–Trinajstić information content (AvgIpc) is 2.23. The Bertz CT molecular complexity index is 172. The second-order valence-electron chi connectivity index (χ2n) is 4.10. The van der Waals surface area contributed by atoms with Crippen molar-refractivity contribution in [2.45, 2.75) is 44.9 Å². The molecule has 0 radical (unpaired) electrons. The zero-order valence-electron chi connectivity index (χ0n) is 9.53. The highest BCUT2D eigenvalue weighted by Gasteiger charge is 2.21. The first kappa shape index (κ1) is 14.2. The molecule has 4 heteroatoms. The quantitative estimate of drug-likeness (QED) is 0.433. The van der Waals surface area contributed by atoms with Crippen LogP contribution < -0.4 is 5.32 Å². The van der Waals surface area contributed by atoms with Gasteiger partial charge in [0.05, 0.1) is 5.33 Å². The van der Waals surface area contributed by atoms with Crippen LogP contribution in [0.25, 0.3) is 0 Å². The standard InChI is InChI=1S/C10H22BrNOSi/c1-4-14(3,5-2)8-6-7-12-10(13)9-11/h4-9H2,1-3H3,(H,12,13). The van der Waals surface area contributed by atoms with Gasteiger partial charge < -0.3 is 5.32 Å². The summed E-state index contributed by atoms with van der Waals surface area (Å²) in [5.74, 6) is 0.0985. The van der Waals surface area contributed by atoms with Gasteiger partial charge in [0.15, 0.2) is 0 Å². The van der Waals surface area contributed by atoms with Gasteiger partial charge in [0.1, 0.15) is 0 Å². The third-order valence-corrected chi connectivity index (χ3v) is 8.59. The summed E-state index contributed by atoms with van der Waals surface area (Å²) < 4.78 is 0. The molecule has 0 aliphatic rings. The Kier molecular flexibility index (Phi) is 7.55. The summed E-state index contributed by atoms with van der Waals surface area (Å²) in [5, 5.41) is 3.31. The fourth-order valence-electron chi connectivity index (χ4n) is 1.39. The summed E-state index contributed by atoms with van der Waals surface area (Å²) in [7, 11) is -0.943. The van der Waals surface area contributed by atoms with Crippen LogP contribution >= 0.6 is 15.9 Å². The highest BCUT2D eigenvalue weighted by Crippen LogP contribution is 2.21. The normalized spacial score (nSPS) is 11.4. The molecular formula is C10H22BrNOSi. The Morgan fingerprint density at radius 3 is 2.36 bits per heavy atom. The molecule has 0 fully saturated rings. The largest absolute Gasteiger partial charge is 0.355 e. The molecule has 0 atom stereocenters. The zero-order valence-corrected chi connectivity index (χ0v) is 12.1. The molecule has 1 amide bonds. The van der Waals surface area contributed by atoms with E-state index in [0.717, 1.165) is 13.0 Å². The minimum atomic E-state index is -0.943. The number of nitrogens with one attached hydrogen (secondary N) is 1. The van der Waals surface area contributed by atoms with Crippen LogP contribution in [0, 0.1) is 0 Å². The SMILES string of the molecule is CC[Si](C)(CC)CCCNC(=O)CBr. The van der Waals surface area contributed by atoms with E-state index in [0.29, 0.717) is 5.33 Å². The maximum Gasteiger partial charge on any atom is 0.230 e. The lowest BCUT2D eigenvalue weighted by Gasteiger charge is -2.23. The van der Waals surface area contributed by atoms with Gasteiger partial charge in [0.25, 0.3) is 0 Å². The van der Waals surface area contributed by atoms with E-state index in [2.05, 4.69) is 41.6 Å². The number of alkyl halides is 1. The van der Waals surface area contributed by atoms with Crippen LogP contribution in [0.2, 0.25) is 24.7 Å². The lowest BCUT2D eigenvalue weighted by molar-refractivity contribution is -0.118. The minimum Gasteiger partial charge on any atom is -0.355 e. The van der Waals surface area contributed by atoms with E-state index in [1.165, 1.54) is 18.1 Å². The summed E-state index contributed by atoms with van der Waals surface area (Å²) in [6, 6.07) is 4.05. The number of amides is 1. The molecule has 0 bridgehead atoms. The Hall–Kier alpha value is 0.167. The van der Waals surface area contributed by atoms with Crippen molar-refractivity contribution in [3.05, 3.63) is 0 Å². The summed E-state index contributed by atoms with van der Waals surface area (Å²) in [6.07, 6.45) is 1.14. The van der Waals surface area contributed by atoms with Gasteiger partial charge in [-0.2, -0.15) is 0 Å². The third kappa shape index (κ3) is 5.80. The topological polar surface area (TPSA) is 29.1 Å². The summed E-state index contributed by atoms with van der Waals surface area (Å²) in [6.45, 7) is 7.89. The van der Waals surface area contributed by atoms with Gasteiger partial charge in [-0.15, -0.1) is 0 Å². The molecule has 0 aliphatic carbocycles. The molecule has 14 heavy (non-hydrogen) atoms. The van der Waals surface area contributed by atoms with E-state index in [1.807, 2.05) is 0 Å². The summed E-state index contributed by atoms with van der Waals surface area (Å²) in [4.78, 5) is 10.9. The predicted octanol–water partition coefficient (Wildman–Crippen LogP) is 3.01.